The van der Waals surface area contributed by atoms with Crippen LogP contribution in [0.4, 0.5) is 4.39 Å². The highest BCUT2D eigenvalue weighted by molar-refractivity contribution is 5.66. The molecule has 0 bridgehead atoms. The van der Waals surface area contributed by atoms with Crippen molar-refractivity contribution in [3.8, 4) is 22.8 Å². The Labute approximate surface area is 115 Å². The highest BCUT2D eigenvalue weighted by Crippen LogP contribution is 2.32. The molecule has 0 aliphatic heterocycles. The zero-order chi connectivity index (χ0) is 13.9. The summed E-state index contributed by atoms with van der Waals surface area (Å²) in [5.74, 6) is 0.441. The van der Waals surface area contributed by atoms with Gasteiger partial charge in [-0.1, -0.05) is 24.3 Å². The van der Waals surface area contributed by atoms with E-state index in [-0.39, 0.29) is 0 Å². The normalized spacial score (nSPS) is 10.5. The van der Waals surface area contributed by atoms with Gasteiger partial charge < -0.3 is 4.74 Å². The van der Waals surface area contributed by atoms with E-state index in [1.165, 1.54) is 13.2 Å². The molecular weight excluding hydrogens is 257 g/mol. The number of aromatic nitrogens is 3. The molecule has 0 aliphatic rings. The van der Waals surface area contributed by atoms with Crippen molar-refractivity contribution < 1.29 is 9.13 Å². The molecule has 3 aromatic rings. The van der Waals surface area contributed by atoms with E-state index < -0.39 is 5.82 Å². The summed E-state index contributed by atoms with van der Waals surface area (Å²) < 4.78 is 21.1. The summed E-state index contributed by atoms with van der Waals surface area (Å²) >= 11 is 0. The maximum absolute atomic E-state index is 14.1. The van der Waals surface area contributed by atoms with E-state index in [1.807, 2.05) is 30.3 Å². The van der Waals surface area contributed by atoms with Crippen molar-refractivity contribution in [1.82, 2.24) is 14.8 Å². The van der Waals surface area contributed by atoms with E-state index in [9.17, 15) is 4.39 Å². The molecule has 0 amide bonds. The van der Waals surface area contributed by atoms with Crippen LogP contribution >= 0.6 is 0 Å². The molecule has 3 rings (SSSR count). The lowest BCUT2D eigenvalue weighted by atomic mass is 10.1. The van der Waals surface area contributed by atoms with Gasteiger partial charge in [-0.25, -0.2) is 4.39 Å². The average molecular weight is 269 g/mol. The molecule has 0 fully saturated rings. The highest BCUT2D eigenvalue weighted by atomic mass is 19.1. The van der Waals surface area contributed by atoms with Crippen molar-refractivity contribution in [3.63, 3.8) is 0 Å². The third-order valence-electron chi connectivity index (χ3n) is 3.00. The molecule has 4 nitrogen and oxygen atoms in total. The van der Waals surface area contributed by atoms with Crippen molar-refractivity contribution in [2.24, 2.45) is 0 Å². The van der Waals surface area contributed by atoms with Crippen molar-refractivity contribution in [3.05, 3.63) is 60.7 Å². The minimum absolute atomic E-state index is 0.302. The molecule has 5 heteroatoms. The van der Waals surface area contributed by atoms with Gasteiger partial charge in [-0.2, -0.15) is 0 Å². The number of hydrogen-bond acceptors (Lipinski definition) is 3. The number of hydrogen-bond donors (Lipinski definition) is 0. The molecule has 2 aromatic carbocycles. The van der Waals surface area contributed by atoms with E-state index in [0.29, 0.717) is 17.1 Å². The quantitative estimate of drug-likeness (QED) is 0.733. The molecule has 0 radical (unpaired) electrons. The number of benzene rings is 2. The van der Waals surface area contributed by atoms with Gasteiger partial charge in [0.25, 0.3) is 0 Å². The van der Waals surface area contributed by atoms with E-state index in [2.05, 4.69) is 10.2 Å². The minimum atomic E-state index is -0.394. The molecule has 0 aliphatic carbocycles. The number of rotatable bonds is 3. The summed E-state index contributed by atoms with van der Waals surface area (Å²) in [5, 5.41) is 7.91. The Morgan fingerprint density at radius 1 is 1.05 bits per heavy atom. The van der Waals surface area contributed by atoms with Crippen LogP contribution in [0.1, 0.15) is 0 Å². The number of methoxy groups -OCH3 is 1. The van der Waals surface area contributed by atoms with Gasteiger partial charge in [0.15, 0.2) is 5.82 Å². The first kappa shape index (κ1) is 12.3. The zero-order valence-corrected chi connectivity index (χ0v) is 10.8. The van der Waals surface area contributed by atoms with E-state index in [0.717, 1.165) is 5.69 Å². The maximum atomic E-state index is 14.1. The molecule has 0 saturated heterocycles. The van der Waals surface area contributed by atoms with Gasteiger partial charge in [0, 0.05) is 5.69 Å². The molecule has 0 N–H and O–H groups in total. The lowest BCUT2D eigenvalue weighted by Crippen LogP contribution is -2.00. The topological polar surface area (TPSA) is 39.9 Å². The Morgan fingerprint density at radius 3 is 2.60 bits per heavy atom. The summed E-state index contributed by atoms with van der Waals surface area (Å²) in [6, 6.07) is 14.2. The number of ether oxygens (including phenoxy) is 1. The summed E-state index contributed by atoms with van der Waals surface area (Å²) in [5.41, 5.74) is 1.16. The van der Waals surface area contributed by atoms with Gasteiger partial charge in [0.05, 0.1) is 12.7 Å². The van der Waals surface area contributed by atoms with Gasteiger partial charge in [0.2, 0.25) is 0 Å². The second kappa shape index (κ2) is 5.13. The third kappa shape index (κ3) is 2.03. The number of halogens is 1. The molecule has 20 heavy (non-hydrogen) atoms. The second-order valence-corrected chi connectivity index (χ2v) is 4.18. The van der Waals surface area contributed by atoms with Crippen LogP contribution in [0.15, 0.2) is 54.9 Å². The Kier molecular flexibility index (Phi) is 3.16. The van der Waals surface area contributed by atoms with Crippen LogP contribution in [-0.4, -0.2) is 21.9 Å². The van der Waals surface area contributed by atoms with Crippen molar-refractivity contribution in [2.45, 2.75) is 0 Å². The van der Waals surface area contributed by atoms with Crippen LogP contribution in [-0.2, 0) is 0 Å². The Bertz CT molecular complexity index is 725. The van der Waals surface area contributed by atoms with Gasteiger partial charge in [-0.3, -0.25) is 4.57 Å². The first-order chi connectivity index (χ1) is 9.81. The van der Waals surface area contributed by atoms with E-state index >= 15 is 0 Å². The lowest BCUT2D eigenvalue weighted by molar-refractivity contribution is 0.413. The van der Waals surface area contributed by atoms with Crippen LogP contribution in [0.3, 0.4) is 0 Å². The van der Waals surface area contributed by atoms with Crippen molar-refractivity contribution in [2.75, 3.05) is 7.11 Å². The molecule has 1 heterocycles. The maximum Gasteiger partial charge on any atom is 0.175 e. The second-order valence-electron chi connectivity index (χ2n) is 4.18. The SMILES string of the molecule is COc1cccc(F)c1-c1nncn1-c1ccccc1. The molecule has 100 valence electrons. The van der Waals surface area contributed by atoms with Crippen LogP contribution in [0.25, 0.3) is 17.1 Å². The van der Waals surface area contributed by atoms with Crippen LogP contribution in [0, 0.1) is 5.82 Å². The number of nitrogens with zero attached hydrogens (tertiary/aromatic N) is 3. The van der Waals surface area contributed by atoms with Crippen LogP contribution in [0.2, 0.25) is 0 Å². The first-order valence-electron chi connectivity index (χ1n) is 6.09. The standard InChI is InChI=1S/C15H12FN3O/c1-20-13-9-5-8-12(16)14(13)15-18-17-10-19(15)11-6-3-2-4-7-11/h2-10H,1H3. The third-order valence-corrected chi connectivity index (χ3v) is 3.00. The molecular formula is C15H12FN3O. The Hall–Kier alpha value is -2.69. The van der Waals surface area contributed by atoms with Crippen LogP contribution < -0.4 is 4.74 Å². The van der Waals surface area contributed by atoms with E-state index in [4.69, 9.17) is 4.74 Å². The number of para-hydroxylation sites is 1. The largest absolute Gasteiger partial charge is 0.496 e. The predicted octanol–water partition coefficient (Wildman–Crippen LogP) is 3.08. The minimum Gasteiger partial charge on any atom is -0.496 e. The molecule has 0 spiro atoms. The molecule has 0 unspecified atom stereocenters. The smallest absolute Gasteiger partial charge is 0.175 e. The fraction of sp³-hybridized carbons (Fsp3) is 0.0667. The monoisotopic (exact) mass is 269 g/mol. The predicted molar refractivity (Wildman–Crippen MR) is 73.3 cm³/mol. The summed E-state index contributed by atoms with van der Waals surface area (Å²) in [4.78, 5) is 0. The van der Waals surface area contributed by atoms with Gasteiger partial charge in [-0.15, -0.1) is 10.2 Å². The van der Waals surface area contributed by atoms with E-state index in [1.54, 1.807) is 23.0 Å². The molecule has 0 atom stereocenters. The van der Waals surface area contributed by atoms with Crippen molar-refractivity contribution in [1.29, 1.82) is 0 Å². The average Bonchev–Trinajstić information content (AvgIpc) is 2.96. The van der Waals surface area contributed by atoms with Gasteiger partial charge in [0.1, 0.15) is 17.9 Å². The summed E-state index contributed by atoms with van der Waals surface area (Å²) in [7, 11) is 1.50. The first-order valence-corrected chi connectivity index (χ1v) is 6.09. The van der Waals surface area contributed by atoms with Gasteiger partial charge >= 0.3 is 0 Å². The highest BCUT2D eigenvalue weighted by Gasteiger charge is 2.18. The Balaban J connectivity index is 2.21. The summed E-state index contributed by atoms with van der Waals surface area (Å²) in [6.45, 7) is 0. The van der Waals surface area contributed by atoms with Crippen LogP contribution in [0.5, 0.6) is 5.75 Å². The summed E-state index contributed by atoms with van der Waals surface area (Å²) in [6.07, 6.45) is 1.55. The zero-order valence-electron chi connectivity index (χ0n) is 10.8. The molecule has 1 aromatic heterocycles. The lowest BCUT2D eigenvalue weighted by Gasteiger charge is -2.10. The fourth-order valence-electron chi connectivity index (χ4n) is 2.07. The van der Waals surface area contributed by atoms with Gasteiger partial charge in [-0.05, 0) is 24.3 Å². The Morgan fingerprint density at radius 2 is 1.85 bits per heavy atom. The molecule has 0 saturated carbocycles. The van der Waals surface area contributed by atoms with Crippen molar-refractivity contribution >= 4 is 0 Å². The fourth-order valence-corrected chi connectivity index (χ4v) is 2.07.